The zero-order valence-corrected chi connectivity index (χ0v) is 11.0. The number of hydrogen-bond acceptors (Lipinski definition) is 4. The lowest BCUT2D eigenvalue weighted by molar-refractivity contribution is -0.116. The van der Waals surface area contributed by atoms with Gasteiger partial charge in [-0.05, 0) is 25.5 Å². The molecule has 6 heteroatoms. The number of amides is 2. The standard InChI is InChI=1S/C13H17N3O3/c1-9-7-10(5-6-14-9)15-12(17)4-3-11-8-16(2)13(18)19-11/h5-7,11H,3-4,8H2,1-2H3,(H,14,15,17). The maximum Gasteiger partial charge on any atom is 0.409 e. The molecule has 1 aromatic rings. The molecule has 1 unspecified atom stereocenters. The first-order chi connectivity index (χ1) is 9.04. The number of aromatic nitrogens is 1. The number of likely N-dealkylation sites (N-methyl/N-ethyl adjacent to an activating group) is 1. The molecule has 102 valence electrons. The number of nitrogens with zero attached hydrogens (tertiary/aromatic N) is 2. The number of ether oxygens (including phenoxy) is 1. The Morgan fingerprint density at radius 1 is 1.63 bits per heavy atom. The minimum Gasteiger partial charge on any atom is -0.444 e. The van der Waals surface area contributed by atoms with Gasteiger partial charge in [0.05, 0.1) is 6.54 Å². The summed E-state index contributed by atoms with van der Waals surface area (Å²) in [6, 6.07) is 3.55. The third kappa shape index (κ3) is 3.67. The molecule has 1 aliphatic heterocycles. The largest absolute Gasteiger partial charge is 0.444 e. The van der Waals surface area contributed by atoms with E-state index in [0.717, 1.165) is 11.4 Å². The summed E-state index contributed by atoms with van der Waals surface area (Å²) >= 11 is 0. The Morgan fingerprint density at radius 3 is 3.05 bits per heavy atom. The van der Waals surface area contributed by atoms with Gasteiger partial charge in [0.15, 0.2) is 0 Å². The van der Waals surface area contributed by atoms with E-state index in [0.29, 0.717) is 19.4 Å². The average Bonchev–Trinajstić information content (AvgIpc) is 2.66. The van der Waals surface area contributed by atoms with E-state index in [1.54, 1.807) is 25.4 Å². The minimum absolute atomic E-state index is 0.0868. The van der Waals surface area contributed by atoms with Gasteiger partial charge in [-0.1, -0.05) is 0 Å². The number of pyridine rings is 1. The molecule has 1 atom stereocenters. The number of aryl methyl sites for hydroxylation is 1. The van der Waals surface area contributed by atoms with Gasteiger partial charge in [0, 0.05) is 31.0 Å². The van der Waals surface area contributed by atoms with Crippen LogP contribution in [0.15, 0.2) is 18.3 Å². The molecule has 19 heavy (non-hydrogen) atoms. The molecule has 0 aromatic carbocycles. The third-order valence-corrected chi connectivity index (χ3v) is 2.93. The Balaban J connectivity index is 1.78. The summed E-state index contributed by atoms with van der Waals surface area (Å²) in [5.74, 6) is -0.0868. The van der Waals surface area contributed by atoms with Crippen molar-refractivity contribution in [3.63, 3.8) is 0 Å². The molecule has 0 radical (unpaired) electrons. The van der Waals surface area contributed by atoms with Crippen molar-refractivity contribution in [3.8, 4) is 0 Å². The van der Waals surface area contributed by atoms with Gasteiger partial charge in [-0.15, -0.1) is 0 Å². The summed E-state index contributed by atoms with van der Waals surface area (Å²) in [5.41, 5.74) is 1.59. The predicted octanol–water partition coefficient (Wildman–Crippen LogP) is 1.56. The van der Waals surface area contributed by atoms with Crippen molar-refractivity contribution in [2.24, 2.45) is 0 Å². The first kappa shape index (κ1) is 13.3. The highest BCUT2D eigenvalue weighted by atomic mass is 16.6. The molecule has 0 aliphatic carbocycles. The van der Waals surface area contributed by atoms with Crippen LogP contribution in [0.2, 0.25) is 0 Å². The van der Waals surface area contributed by atoms with Crippen LogP contribution < -0.4 is 5.32 Å². The maximum atomic E-state index is 11.8. The van der Waals surface area contributed by atoms with Crippen molar-refractivity contribution in [3.05, 3.63) is 24.0 Å². The molecule has 6 nitrogen and oxygen atoms in total. The van der Waals surface area contributed by atoms with Gasteiger partial charge in [-0.3, -0.25) is 9.78 Å². The number of nitrogens with one attached hydrogen (secondary N) is 1. The summed E-state index contributed by atoms with van der Waals surface area (Å²) < 4.78 is 5.09. The molecule has 0 bridgehead atoms. The van der Waals surface area contributed by atoms with Crippen LogP contribution in [0.25, 0.3) is 0 Å². The summed E-state index contributed by atoms with van der Waals surface area (Å²) in [6.07, 6.45) is 2.00. The molecule has 1 aromatic heterocycles. The third-order valence-electron chi connectivity index (χ3n) is 2.93. The zero-order valence-electron chi connectivity index (χ0n) is 11.0. The fraction of sp³-hybridized carbons (Fsp3) is 0.462. The quantitative estimate of drug-likeness (QED) is 0.894. The molecule has 1 saturated heterocycles. The molecule has 2 rings (SSSR count). The normalized spacial score (nSPS) is 18.3. The van der Waals surface area contributed by atoms with Crippen LogP contribution in [-0.4, -0.2) is 41.6 Å². The van der Waals surface area contributed by atoms with Crippen molar-refractivity contribution >= 4 is 17.7 Å². The van der Waals surface area contributed by atoms with E-state index >= 15 is 0 Å². The van der Waals surface area contributed by atoms with Gasteiger partial charge in [0.25, 0.3) is 0 Å². The van der Waals surface area contributed by atoms with E-state index in [1.807, 2.05) is 6.92 Å². The van der Waals surface area contributed by atoms with Crippen LogP contribution in [0.1, 0.15) is 18.5 Å². The molecule has 0 spiro atoms. The van der Waals surface area contributed by atoms with Crippen LogP contribution in [0.4, 0.5) is 10.5 Å². The first-order valence-electron chi connectivity index (χ1n) is 6.19. The molecule has 1 aliphatic rings. The van der Waals surface area contributed by atoms with Crippen molar-refractivity contribution in [2.45, 2.75) is 25.9 Å². The van der Waals surface area contributed by atoms with Gasteiger partial charge in [-0.2, -0.15) is 0 Å². The number of carbonyl (C=O) groups excluding carboxylic acids is 2. The van der Waals surface area contributed by atoms with Crippen LogP contribution in [0, 0.1) is 6.92 Å². The van der Waals surface area contributed by atoms with E-state index in [2.05, 4.69) is 10.3 Å². The number of cyclic esters (lactones) is 1. The average molecular weight is 263 g/mol. The Kier molecular flexibility index (Phi) is 3.99. The number of rotatable bonds is 4. The number of anilines is 1. The fourth-order valence-corrected chi connectivity index (χ4v) is 1.94. The Hall–Kier alpha value is -2.11. The summed E-state index contributed by atoms with van der Waals surface area (Å²) in [7, 11) is 1.68. The van der Waals surface area contributed by atoms with Gasteiger partial charge < -0.3 is 15.0 Å². The van der Waals surface area contributed by atoms with E-state index in [9.17, 15) is 9.59 Å². The summed E-state index contributed by atoms with van der Waals surface area (Å²) in [4.78, 5) is 28.5. The Bertz CT molecular complexity index is 490. The molecule has 2 heterocycles. The highest BCUT2D eigenvalue weighted by molar-refractivity contribution is 5.90. The van der Waals surface area contributed by atoms with Crippen LogP contribution in [0.3, 0.4) is 0 Å². The van der Waals surface area contributed by atoms with Crippen molar-refractivity contribution in [1.82, 2.24) is 9.88 Å². The molecule has 2 amide bonds. The monoisotopic (exact) mass is 263 g/mol. The second kappa shape index (κ2) is 5.69. The highest BCUT2D eigenvalue weighted by Crippen LogP contribution is 2.14. The van der Waals surface area contributed by atoms with E-state index < -0.39 is 0 Å². The summed E-state index contributed by atoms with van der Waals surface area (Å²) in [5, 5.41) is 2.80. The fourth-order valence-electron chi connectivity index (χ4n) is 1.94. The number of hydrogen-bond donors (Lipinski definition) is 1. The van der Waals surface area contributed by atoms with Crippen LogP contribution in [-0.2, 0) is 9.53 Å². The lowest BCUT2D eigenvalue weighted by Crippen LogP contribution is -2.20. The van der Waals surface area contributed by atoms with Gasteiger partial charge in [0.2, 0.25) is 5.91 Å². The number of carbonyl (C=O) groups is 2. The topological polar surface area (TPSA) is 71.5 Å². The van der Waals surface area contributed by atoms with Crippen molar-refractivity contribution < 1.29 is 14.3 Å². The van der Waals surface area contributed by atoms with Gasteiger partial charge >= 0.3 is 6.09 Å². The minimum atomic E-state index is -0.324. The van der Waals surface area contributed by atoms with Crippen LogP contribution >= 0.6 is 0 Å². The van der Waals surface area contributed by atoms with Crippen LogP contribution in [0.5, 0.6) is 0 Å². The smallest absolute Gasteiger partial charge is 0.409 e. The maximum absolute atomic E-state index is 11.8. The van der Waals surface area contributed by atoms with Crippen molar-refractivity contribution in [2.75, 3.05) is 18.9 Å². The lowest BCUT2D eigenvalue weighted by Gasteiger charge is -2.08. The van der Waals surface area contributed by atoms with E-state index in [-0.39, 0.29) is 18.1 Å². The SMILES string of the molecule is Cc1cc(NC(=O)CCC2CN(C)C(=O)O2)ccn1. The zero-order chi connectivity index (χ0) is 13.8. The van der Waals surface area contributed by atoms with Gasteiger partial charge in [0.1, 0.15) is 6.10 Å². The first-order valence-corrected chi connectivity index (χ1v) is 6.19. The highest BCUT2D eigenvalue weighted by Gasteiger charge is 2.28. The second-order valence-corrected chi connectivity index (χ2v) is 4.66. The molecule has 1 fully saturated rings. The van der Waals surface area contributed by atoms with E-state index in [1.165, 1.54) is 4.90 Å². The van der Waals surface area contributed by atoms with Gasteiger partial charge in [-0.25, -0.2) is 4.79 Å². The molecule has 1 N–H and O–H groups in total. The molecular formula is C13H17N3O3. The van der Waals surface area contributed by atoms with E-state index in [4.69, 9.17) is 4.74 Å². The summed E-state index contributed by atoms with van der Waals surface area (Å²) in [6.45, 7) is 2.41. The molecular weight excluding hydrogens is 246 g/mol. The van der Waals surface area contributed by atoms with Crippen molar-refractivity contribution in [1.29, 1.82) is 0 Å². The Labute approximate surface area is 111 Å². The second-order valence-electron chi connectivity index (χ2n) is 4.66. The predicted molar refractivity (Wildman–Crippen MR) is 69.7 cm³/mol. The molecule has 0 saturated carbocycles. The lowest BCUT2D eigenvalue weighted by atomic mass is 10.2. The Morgan fingerprint density at radius 2 is 2.42 bits per heavy atom.